The third-order valence-corrected chi connectivity index (χ3v) is 2.65. The van der Waals surface area contributed by atoms with Crippen LogP contribution >= 0.6 is 11.3 Å². The number of aromatic nitrogens is 1. The van der Waals surface area contributed by atoms with Crippen molar-refractivity contribution in [2.24, 2.45) is 0 Å². The second kappa shape index (κ2) is 4.23. The van der Waals surface area contributed by atoms with E-state index in [0.717, 1.165) is 0 Å². The van der Waals surface area contributed by atoms with Crippen molar-refractivity contribution in [3.63, 3.8) is 0 Å². The van der Waals surface area contributed by atoms with Crippen LogP contribution < -0.4 is 0 Å². The molecule has 2 aromatic rings. The molecule has 0 aliphatic rings. The van der Waals surface area contributed by atoms with Gasteiger partial charge in [-0.15, -0.1) is 11.3 Å². The molecule has 0 saturated heterocycles. The third-order valence-electron chi connectivity index (χ3n) is 2.05. The van der Waals surface area contributed by atoms with Crippen LogP contribution in [0.2, 0.25) is 0 Å². The van der Waals surface area contributed by atoms with E-state index in [9.17, 15) is 18.3 Å². The van der Waals surface area contributed by atoms with E-state index in [-0.39, 0.29) is 5.69 Å². The first-order chi connectivity index (χ1) is 7.59. The smallest absolute Gasteiger partial charge is 0.135 e. The van der Waals surface area contributed by atoms with Gasteiger partial charge in [0.1, 0.15) is 23.6 Å². The van der Waals surface area contributed by atoms with Crippen molar-refractivity contribution in [1.29, 1.82) is 0 Å². The second-order valence-corrected chi connectivity index (χ2v) is 3.82. The molecule has 0 bridgehead atoms. The zero-order chi connectivity index (χ0) is 11.7. The van der Waals surface area contributed by atoms with Gasteiger partial charge in [-0.1, -0.05) is 0 Å². The normalized spacial score (nSPS) is 12.8. The molecule has 0 fully saturated rings. The number of thiazole rings is 1. The van der Waals surface area contributed by atoms with E-state index >= 15 is 0 Å². The number of benzene rings is 1. The van der Waals surface area contributed by atoms with E-state index in [1.54, 1.807) is 0 Å². The van der Waals surface area contributed by atoms with Crippen LogP contribution in [-0.4, -0.2) is 10.1 Å². The molecule has 2 rings (SSSR count). The summed E-state index contributed by atoms with van der Waals surface area (Å²) >= 11 is 1.19. The zero-order valence-corrected chi connectivity index (χ0v) is 8.64. The molecule has 0 amide bonds. The van der Waals surface area contributed by atoms with Gasteiger partial charge in [-0.05, 0) is 0 Å². The highest BCUT2D eigenvalue weighted by Crippen LogP contribution is 2.27. The summed E-state index contributed by atoms with van der Waals surface area (Å²) in [7, 11) is 0. The van der Waals surface area contributed by atoms with Crippen molar-refractivity contribution in [2.75, 3.05) is 0 Å². The predicted molar refractivity (Wildman–Crippen MR) is 52.5 cm³/mol. The van der Waals surface area contributed by atoms with Crippen molar-refractivity contribution in [2.45, 2.75) is 6.10 Å². The van der Waals surface area contributed by atoms with Crippen molar-refractivity contribution >= 4 is 11.3 Å². The summed E-state index contributed by atoms with van der Waals surface area (Å²) in [6.07, 6.45) is -1.52. The number of aliphatic hydroxyl groups is 1. The predicted octanol–water partition coefficient (Wildman–Crippen LogP) is 2.64. The summed E-state index contributed by atoms with van der Waals surface area (Å²) in [5.41, 5.74) is 0.972. The van der Waals surface area contributed by atoms with Crippen LogP contribution in [0, 0.1) is 17.5 Å². The molecule has 1 atom stereocenters. The first-order valence-corrected chi connectivity index (χ1v) is 5.24. The molecule has 0 saturated carbocycles. The van der Waals surface area contributed by atoms with Gasteiger partial charge in [0, 0.05) is 17.5 Å². The first kappa shape index (κ1) is 11.1. The number of rotatable bonds is 2. The quantitative estimate of drug-likeness (QED) is 0.882. The van der Waals surface area contributed by atoms with Crippen LogP contribution in [-0.2, 0) is 0 Å². The van der Waals surface area contributed by atoms with E-state index in [1.165, 1.54) is 22.2 Å². The minimum Gasteiger partial charge on any atom is -0.382 e. The molecule has 16 heavy (non-hydrogen) atoms. The molecule has 1 heterocycles. The lowest BCUT2D eigenvalue weighted by Gasteiger charge is -2.10. The highest BCUT2D eigenvalue weighted by atomic mass is 32.1. The van der Waals surface area contributed by atoms with Crippen LogP contribution in [0.3, 0.4) is 0 Å². The van der Waals surface area contributed by atoms with Crippen molar-refractivity contribution in [3.05, 3.63) is 51.7 Å². The molecule has 1 N–H and O–H groups in total. The Hall–Kier alpha value is -1.40. The fraction of sp³-hybridized carbons (Fsp3) is 0.100. The van der Waals surface area contributed by atoms with Crippen molar-refractivity contribution in [3.8, 4) is 0 Å². The summed E-state index contributed by atoms with van der Waals surface area (Å²) in [4.78, 5) is 3.74. The molecule has 1 aromatic carbocycles. The van der Waals surface area contributed by atoms with Crippen LogP contribution in [0.4, 0.5) is 13.2 Å². The molecule has 0 aliphatic heterocycles. The lowest BCUT2D eigenvalue weighted by molar-refractivity contribution is 0.204. The van der Waals surface area contributed by atoms with Gasteiger partial charge in [-0.3, -0.25) is 0 Å². The highest BCUT2D eigenvalue weighted by molar-refractivity contribution is 7.07. The maximum atomic E-state index is 13.3. The molecule has 2 nitrogen and oxygen atoms in total. The number of hydrogen-bond donors (Lipinski definition) is 1. The van der Waals surface area contributed by atoms with E-state index in [4.69, 9.17) is 0 Å². The highest BCUT2D eigenvalue weighted by Gasteiger charge is 2.22. The summed E-state index contributed by atoms with van der Waals surface area (Å²) < 4.78 is 39.2. The number of halogens is 3. The Morgan fingerprint density at radius 2 is 1.81 bits per heavy atom. The fourth-order valence-electron chi connectivity index (χ4n) is 1.32. The average molecular weight is 245 g/mol. The maximum Gasteiger partial charge on any atom is 0.135 e. The Morgan fingerprint density at radius 3 is 2.31 bits per heavy atom. The molecule has 0 aliphatic carbocycles. The number of nitrogens with zero attached hydrogens (tertiary/aromatic N) is 1. The second-order valence-electron chi connectivity index (χ2n) is 3.10. The largest absolute Gasteiger partial charge is 0.382 e. The Kier molecular flexibility index (Phi) is 2.93. The minimum absolute atomic E-state index is 0.134. The SMILES string of the molecule is OC(c1cscn1)c1c(F)cc(F)cc1F. The van der Waals surface area contributed by atoms with Gasteiger partial charge in [-0.25, -0.2) is 18.2 Å². The van der Waals surface area contributed by atoms with Gasteiger partial charge in [0.25, 0.3) is 0 Å². The lowest BCUT2D eigenvalue weighted by atomic mass is 10.1. The summed E-state index contributed by atoms with van der Waals surface area (Å²) in [5.74, 6) is -3.28. The molecule has 84 valence electrons. The fourth-order valence-corrected chi connectivity index (χ4v) is 1.89. The standard InChI is InChI=1S/C10H6F3NOS/c11-5-1-6(12)9(7(13)2-5)10(15)8-3-16-4-14-8/h1-4,10,15H. The number of hydrogen-bond acceptors (Lipinski definition) is 3. The van der Waals surface area contributed by atoms with Gasteiger partial charge in [0.15, 0.2) is 0 Å². The van der Waals surface area contributed by atoms with Gasteiger partial charge in [0.05, 0.1) is 16.8 Å². The monoisotopic (exact) mass is 245 g/mol. The van der Waals surface area contributed by atoms with E-state index in [0.29, 0.717) is 12.1 Å². The number of aliphatic hydroxyl groups excluding tert-OH is 1. The Labute approximate surface area is 93.0 Å². The van der Waals surface area contributed by atoms with E-state index < -0.39 is 29.1 Å². The van der Waals surface area contributed by atoms with Gasteiger partial charge < -0.3 is 5.11 Å². The molecular weight excluding hydrogens is 239 g/mol. The van der Waals surface area contributed by atoms with Crippen LogP contribution in [0.25, 0.3) is 0 Å². The van der Waals surface area contributed by atoms with Crippen LogP contribution in [0.15, 0.2) is 23.0 Å². The van der Waals surface area contributed by atoms with Gasteiger partial charge in [0.2, 0.25) is 0 Å². The molecular formula is C10H6F3NOS. The maximum absolute atomic E-state index is 13.3. The molecule has 1 aromatic heterocycles. The summed E-state index contributed by atoms with van der Waals surface area (Å²) in [6, 6.07) is 1.04. The van der Waals surface area contributed by atoms with Crippen LogP contribution in [0.5, 0.6) is 0 Å². The molecule has 0 radical (unpaired) electrons. The summed E-state index contributed by atoms with van der Waals surface area (Å²) in [6.45, 7) is 0. The Bertz CT molecular complexity index is 478. The average Bonchev–Trinajstić information content (AvgIpc) is 2.67. The van der Waals surface area contributed by atoms with Crippen LogP contribution in [0.1, 0.15) is 17.4 Å². The summed E-state index contributed by atoms with van der Waals surface area (Å²) in [5, 5.41) is 11.1. The Morgan fingerprint density at radius 1 is 1.19 bits per heavy atom. The van der Waals surface area contributed by atoms with Gasteiger partial charge >= 0.3 is 0 Å². The Balaban J connectivity index is 2.48. The first-order valence-electron chi connectivity index (χ1n) is 4.30. The van der Waals surface area contributed by atoms with Crippen molar-refractivity contribution < 1.29 is 18.3 Å². The van der Waals surface area contributed by atoms with E-state index in [2.05, 4.69) is 4.98 Å². The van der Waals surface area contributed by atoms with Gasteiger partial charge in [-0.2, -0.15) is 0 Å². The zero-order valence-electron chi connectivity index (χ0n) is 7.82. The van der Waals surface area contributed by atoms with Crippen molar-refractivity contribution in [1.82, 2.24) is 4.98 Å². The third kappa shape index (κ3) is 1.94. The molecule has 0 spiro atoms. The minimum atomic E-state index is -1.52. The molecule has 1 unspecified atom stereocenters. The molecule has 6 heteroatoms. The lowest BCUT2D eigenvalue weighted by Crippen LogP contribution is -2.06. The topological polar surface area (TPSA) is 33.1 Å². The van der Waals surface area contributed by atoms with E-state index in [1.807, 2.05) is 0 Å².